The number of Topliss-reactive ketones (excluding diaryl/α,β-unsaturated/α-hetero) is 1. The van der Waals surface area contributed by atoms with Crippen molar-refractivity contribution in [1.29, 1.82) is 0 Å². The van der Waals surface area contributed by atoms with Crippen LogP contribution in [0, 0.1) is 5.92 Å². The number of carbonyl (C=O) groups excluding carboxylic acids is 2. The molecule has 1 radical (unpaired) electrons. The third-order valence-electron chi connectivity index (χ3n) is 8.06. The highest BCUT2D eigenvalue weighted by Crippen LogP contribution is 2.17. The van der Waals surface area contributed by atoms with Crippen LogP contribution >= 0.6 is 0 Å². The molecule has 0 aromatic rings. The second kappa shape index (κ2) is 32.3. The van der Waals surface area contributed by atoms with Gasteiger partial charge in [0.05, 0.1) is 5.92 Å². The molecule has 2 heteroatoms. The van der Waals surface area contributed by atoms with E-state index in [9.17, 15) is 9.59 Å². The smallest absolute Gasteiger partial charge is 0.209 e. The highest BCUT2D eigenvalue weighted by molar-refractivity contribution is 5.93. The van der Waals surface area contributed by atoms with Gasteiger partial charge < -0.3 is 0 Å². The van der Waals surface area contributed by atoms with Gasteiger partial charge in [-0.3, -0.25) is 9.59 Å². The molecule has 0 aromatic carbocycles. The van der Waals surface area contributed by atoms with E-state index < -0.39 is 5.92 Å². The molecule has 0 fully saturated rings. The Hall–Kier alpha value is -0.920. The summed E-state index contributed by atoms with van der Waals surface area (Å²) in [7, 11) is 0. The molecule has 0 aliphatic rings. The molecule has 38 heavy (non-hydrogen) atoms. The summed E-state index contributed by atoms with van der Waals surface area (Å²) in [6, 6.07) is 0. The molecule has 0 spiro atoms. The molecule has 0 saturated carbocycles. The van der Waals surface area contributed by atoms with Crippen LogP contribution in [0.25, 0.3) is 0 Å². The van der Waals surface area contributed by atoms with Crippen LogP contribution in [-0.2, 0) is 9.59 Å². The number of allylic oxidation sites excluding steroid dienone is 2. The predicted molar refractivity (Wildman–Crippen MR) is 169 cm³/mol. The number of carbonyl (C=O) groups is 1. The Morgan fingerprint density at radius 3 is 1.24 bits per heavy atom. The summed E-state index contributed by atoms with van der Waals surface area (Å²) in [5, 5.41) is 0. The Labute approximate surface area is 239 Å². The van der Waals surface area contributed by atoms with E-state index >= 15 is 0 Å². The molecular weight excluding hydrogens is 464 g/mol. The Balaban J connectivity index is 3.46. The first kappa shape index (κ1) is 37.1. The number of ketones is 1. The lowest BCUT2D eigenvalue weighted by Crippen LogP contribution is -2.15. The Kier molecular flexibility index (Phi) is 31.5. The molecule has 0 rings (SSSR count). The minimum atomic E-state index is -0.473. The maximum atomic E-state index is 12.4. The fourth-order valence-corrected chi connectivity index (χ4v) is 5.37. The molecule has 0 amide bonds. The average molecular weight is 532 g/mol. The summed E-state index contributed by atoms with van der Waals surface area (Å²) >= 11 is 0. The van der Waals surface area contributed by atoms with Gasteiger partial charge in [-0.05, 0) is 38.5 Å². The SMILES string of the molecule is CCCCCCCC/C=C\CCCCCCC([C]=O)C(=O)CCCCCCCCCCCCCCCCC. The van der Waals surface area contributed by atoms with Crippen molar-refractivity contribution in [3.8, 4) is 0 Å². The van der Waals surface area contributed by atoms with Crippen molar-refractivity contribution in [3.63, 3.8) is 0 Å². The second-order valence-corrected chi connectivity index (χ2v) is 11.9. The molecule has 0 aliphatic carbocycles. The van der Waals surface area contributed by atoms with E-state index in [0.29, 0.717) is 12.8 Å². The minimum Gasteiger partial charge on any atom is -0.299 e. The molecule has 1 atom stereocenters. The van der Waals surface area contributed by atoms with Crippen LogP contribution in [0.2, 0.25) is 0 Å². The summed E-state index contributed by atoms with van der Waals surface area (Å²) in [5.74, 6) is -0.341. The molecule has 0 heterocycles. The predicted octanol–water partition coefficient (Wildman–Crippen LogP) is 12.2. The van der Waals surface area contributed by atoms with Gasteiger partial charge in [-0.2, -0.15) is 0 Å². The number of hydrogen-bond acceptors (Lipinski definition) is 2. The van der Waals surface area contributed by atoms with Crippen molar-refractivity contribution < 1.29 is 9.59 Å². The van der Waals surface area contributed by atoms with Crippen molar-refractivity contribution in [2.45, 2.75) is 200 Å². The van der Waals surface area contributed by atoms with E-state index in [1.165, 1.54) is 141 Å². The van der Waals surface area contributed by atoms with Gasteiger partial charge in [0.15, 0.2) is 0 Å². The standard InChI is InChI=1S/C36H67O2/c1-3-5-7-9-11-13-15-17-19-21-23-25-27-29-31-33-36(38)35(34-37)32-30-28-26-24-22-20-18-16-14-12-10-8-6-4-2/h18,20,35H,3-17,19,21-33H2,1-2H3/b20-18-. The number of rotatable bonds is 32. The lowest BCUT2D eigenvalue weighted by atomic mass is 9.94. The van der Waals surface area contributed by atoms with Gasteiger partial charge in [0.1, 0.15) is 5.78 Å². The average Bonchev–Trinajstić information content (AvgIpc) is 2.93. The number of unbranched alkanes of at least 4 members (excludes halogenated alkanes) is 24. The van der Waals surface area contributed by atoms with Crippen LogP contribution in [0.3, 0.4) is 0 Å². The van der Waals surface area contributed by atoms with Crippen molar-refractivity contribution in [3.05, 3.63) is 12.2 Å². The van der Waals surface area contributed by atoms with E-state index in [-0.39, 0.29) is 5.78 Å². The fourth-order valence-electron chi connectivity index (χ4n) is 5.37. The van der Waals surface area contributed by atoms with Gasteiger partial charge in [0.25, 0.3) is 0 Å². The zero-order valence-corrected chi connectivity index (χ0v) is 26.1. The fraction of sp³-hybridized carbons (Fsp3) is 0.889. The summed E-state index contributed by atoms with van der Waals surface area (Å²) in [5.41, 5.74) is 0. The van der Waals surface area contributed by atoms with E-state index in [2.05, 4.69) is 26.0 Å². The van der Waals surface area contributed by atoms with E-state index in [4.69, 9.17) is 0 Å². The van der Waals surface area contributed by atoms with Gasteiger partial charge in [0, 0.05) is 6.42 Å². The largest absolute Gasteiger partial charge is 0.299 e. The van der Waals surface area contributed by atoms with Crippen LogP contribution in [-0.4, -0.2) is 12.1 Å². The van der Waals surface area contributed by atoms with Gasteiger partial charge >= 0.3 is 0 Å². The molecule has 0 bridgehead atoms. The molecule has 0 aliphatic heterocycles. The lowest BCUT2D eigenvalue weighted by molar-refractivity contribution is -0.121. The van der Waals surface area contributed by atoms with Crippen LogP contribution in [0.4, 0.5) is 0 Å². The van der Waals surface area contributed by atoms with Crippen LogP contribution in [0.5, 0.6) is 0 Å². The molecule has 0 aromatic heterocycles. The summed E-state index contributed by atoms with van der Waals surface area (Å²) in [6.45, 7) is 4.55. The van der Waals surface area contributed by atoms with Gasteiger partial charge in [-0.25, -0.2) is 0 Å². The van der Waals surface area contributed by atoms with Crippen LogP contribution in [0.1, 0.15) is 200 Å². The van der Waals surface area contributed by atoms with Crippen LogP contribution in [0.15, 0.2) is 12.2 Å². The van der Waals surface area contributed by atoms with Crippen molar-refractivity contribution in [2.75, 3.05) is 0 Å². The highest BCUT2D eigenvalue weighted by Gasteiger charge is 2.17. The maximum absolute atomic E-state index is 12.4. The van der Waals surface area contributed by atoms with Crippen molar-refractivity contribution in [2.24, 2.45) is 5.92 Å². The Morgan fingerprint density at radius 2 is 0.842 bits per heavy atom. The van der Waals surface area contributed by atoms with Crippen molar-refractivity contribution >= 4 is 12.1 Å². The first-order valence-electron chi connectivity index (χ1n) is 17.3. The van der Waals surface area contributed by atoms with E-state index in [1.807, 2.05) is 6.29 Å². The molecule has 0 N–H and O–H groups in total. The normalized spacial score (nSPS) is 12.4. The van der Waals surface area contributed by atoms with Crippen molar-refractivity contribution in [1.82, 2.24) is 0 Å². The highest BCUT2D eigenvalue weighted by atomic mass is 16.1. The van der Waals surface area contributed by atoms with Gasteiger partial charge in [-0.1, -0.05) is 167 Å². The summed E-state index contributed by atoms with van der Waals surface area (Å²) < 4.78 is 0. The molecule has 223 valence electrons. The third kappa shape index (κ3) is 28.1. The first-order valence-corrected chi connectivity index (χ1v) is 17.3. The molecular formula is C36H67O2. The number of hydrogen-bond donors (Lipinski definition) is 0. The lowest BCUT2D eigenvalue weighted by Gasteiger charge is -2.08. The second-order valence-electron chi connectivity index (χ2n) is 11.9. The summed E-state index contributed by atoms with van der Waals surface area (Å²) in [4.78, 5) is 23.7. The molecule has 0 saturated heterocycles. The maximum Gasteiger partial charge on any atom is 0.209 e. The van der Waals surface area contributed by atoms with Crippen LogP contribution < -0.4 is 0 Å². The summed E-state index contributed by atoms with van der Waals surface area (Å²) in [6.07, 6.45) is 43.1. The first-order chi connectivity index (χ1) is 18.8. The zero-order chi connectivity index (χ0) is 27.8. The van der Waals surface area contributed by atoms with E-state index in [1.54, 1.807) is 0 Å². The quantitative estimate of drug-likeness (QED) is 0.0491. The zero-order valence-electron chi connectivity index (χ0n) is 26.1. The monoisotopic (exact) mass is 532 g/mol. The molecule has 1 unspecified atom stereocenters. The molecule has 2 nitrogen and oxygen atoms in total. The van der Waals surface area contributed by atoms with E-state index in [0.717, 1.165) is 32.1 Å². The third-order valence-corrected chi connectivity index (χ3v) is 8.06. The Bertz CT molecular complexity index is 509. The topological polar surface area (TPSA) is 34.1 Å². The van der Waals surface area contributed by atoms with Gasteiger partial charge in [0.2, 0.25) is 6.29 Å². The minimum absolute atomic E-state index is 0.132. The van der Waals surface area contributed by atoms with Gasteiger partial charge in [-0.15, -0.1) is 0 Å². The Morgan fingerprint density at radius 1 is 0.500 bits per heavy atom.